The van der Waals surface area contributed by atoms with Crippen molar-refractivity contribution >= 4 is 5.97 Å². The standard InChI is InChI=1S/C8H14N2O2/c1-3-12-8(11)4-7(5-9)6(2)10/h6-7H,3-4,10H2,1-2H3. The highest BCUT2D eigenvalue weighted by Crippen LogP contribution is 2.06. The van der Waals surface area contributed by atoms with E-state index in [4.69, 9.17) is 11.0 Å². The molecule has 0 aromatic rings. The monoisotopic (exact) mass is 170 g/mol. The first kappa shape index (κ1) is 10.9. The second kappa shape index (κ2) is 5.56. The fourth-order valence-corrected chi connectivity index (χ4v) is 0.749. The minimum absolute atomic E-state index is 0.0853. The molecule has 4 nitrogen and oxygen atoms in total. The van der Waals surface area contributed by atoms with Crippen molar-refractivity contribution in [1.29, 1.82) is 5.26 Å². The predicted octanol–water partition coefficient (Wildman–Crippen LogP) is 0.427. The summed E-state index contributed by atoms with van der Waals surface area (Å²) in [6.45, 7) is 3.77. The summed E-state index contributed by atoms with van der Waals surface area (Å²) >= 11 is 0. The third-order valence-corrected chi connectivity index (χ3v) is 1.49. The van der Waals surface area contributed by atoms with E-state index in [2.05, 4.69) is 4.74 Å². The van der Waals surface area contributed by atoms with Gasteiger partial charge in [-0.05, 0) is 13.8 Å². The van der Waals surface area contributed by atoms with Gasteiger partial charge in [0.25, 0.3) is 0 Å². The molecule has 0 aromatic heterocycles. The van der Waals surface area contributed by atoms with Crippen molar-refractivity contribution in [3.63, 3.8) is 0 Å². The number of nitriles is 1. The Bertz CT molecular complexity index is 184. The van der Waals surface area contributed by atoms with E-state index >= 15 is 0 Å². The maximum Gasteiger partial charge on any atom is 0.307 e. The summed E-state index contributed by atoms with van der Waals surface area (Å²) in [5, 5.41) is 8.58. The number of hydrogen-bond acceptors (Lipinski definition) is 4. The van der Waals surface area contributed by atoms with Gasteiger partial charge < -0.3 is 10.5 Å². The van der Waals surface area contributed by atoms with Crippen LogP contribution in [0.5, 0.6) is 0 Å². The second-order valence-electron chi connectivity index (χ2n) is 2.60. The maximum atomic E-state index is 10.9. The molecule has 0 heterocycles. The van der Waals surface area contributed by atoms with Crippen LogP contribution in [-0.4, -0.2) is 18.6 Å². The van der Waals surface area contributed by atoms with Gasteiger partial charge in [-0.15, -0.1) is 0 Å². The Morgan fingerprint density at radius 1 is 1.75 bits per heavy atom. The Balaban J connectivity index is 3.88. The summed E-state index contributed by atoms with van der Waals surface area (Å²) < 4.78 is 4.68. The molecule has 0 saturated heterocycles. The molecule has 0 fully saturated rings. The number of carbonyl (C=O) groups excluding carboxylic acids is 1. The Labute approximate surface area is 72.3 Å². The van der Waals surface area contributed by atoms with Gasteiger partial charge in [-0.1, -0.05) is 0 Å². The minimum Gasteiger partial charge on any atom is -0.466 e. The second-order valence-corrected chi connectivity index (χ2v) is 2.60. The molecule has 2 N–H and O–H groups in total. The number of ether oxygens (including phenoxy) is 1. The van der Waals surface area contributed by atoms with E-state index in [1.807, 2.05) is 6.07 Å². The van der Waals surface area contributed by atoms with Crippen molar-refractivity contribution in [3.05, 3.63) is 0 Å². The quantitative estimate of drug-likeness (QED) is 0.620. The number of nitrogens with zero attached hydrogens (tertiary/aromatic N) is 1. The SMILES string of the molecule is CCOC(=O)CC(C#N)C(C)N. The zero-order chi connectivity index (χ0) is 9.56. The first-order valence-electron chi connectivity index (χ1n) is 3.92. The van der Waals surface area contributed by atoms with Crippen LogP contribution in [0.1, 0.15) is 20.3 Å². The molecular weight excluding hydrogens is 156 g/mol. The van der Waals surface area contributed by atoms with Crippen molar-refractivity contribution in [2.75, 3.05) is 6.61 Å². The van der Waals surface area contributed by atoms with Crippen molar-refractivity contribution in [3.8, 4) is 6.07 Å². The van der Waals surface area contributed by atoms with Crippen molar-refractivity contribution in [1.82, 2.24) is 0 Å². The summed E-state index contributed by atoms with van der Waals surface area (Å²) in [4.78, 5) is 10.9. The summed E-state index contributed by atoms with van der Waals surface area (Å²) in [7, 11) is 0. The number of carbonyl (C=O) groups is 1. The van der Waals surface area contributed by atoms with Gasteiger partial charge in [-0.2, -0.15) is 5.26 Å². The topological polar surface area (TPSA) is 76.1 Å². The predicted molar refractivity (Wildman–Crippen MR) is 44.0 cm³/mol. The molecule has 0 aliphatic heterocycles. The molecule has 0 rings (SSSR count). The van der Waals surface area contributed by atoms with Crippen LogP contribution in [0.4, 0.5) is 0 Å². The number of rotatable bonds is 4. The average molecular weight is 170 g/mol. The number of hydrogen-bond donors (Lipinski definition) is 1. The van der Waals surface area contributed by atoms with Gasteiger partial charge in [0.1, 0.15) is 0 Å². The first-order chi connectivity index (χ1) is 5.61. The van der Waals surface area contributed by atoms with Crippen LogP contribution in [0, 0.1) is 17.2 Å². The highest BCUT2D eigenvalue weighted by molar-refractivity contribution is 5.70. The van der Waals surface area contributed by atoms with Crippen molar-refractivity contribution in [2.45, 2.75) is 26.3 Å². The van der Waals surface area contributed by atoms with E-state index in [-0.39, 0.29) is 18.4 Å². The van der Waals surface area contributed by atoms with Crippen LogP contribution in [0.15, 0.2) is 0 Å². The van der Waals surface area contributed by atoms with E-state index < -0.39 is 5.92 Å². The molecule has 0 bridgehead atoms. The van der Waals surface area contributed by atoms with Crippen LogP contribution < -0.4 is 5.73 Å². The van der Waals surface area contributed by atoms with Crippen LogP contribution in [0.2, 0.25) is 0 Å². The largest absolute Gasteiger partial charge is 0.466 e. The van der Waals surface area contributed by atoms with E-state index in [0.29, 0.717) is 6.61 Å². The molecule has 2 unspecified atom stereocenters. The fraction of sp³-hybridized carbons (Fsp3) is 0.750. The normalized spacial score (nSPS) is 14.5. The first-order valence-corrected chi connectivity index (χ1v) is 3.92. The van der Waals surface area contributed by atoms with Gasteiger partial charge >= 0.3 is 5.97 Å². The molecule has 12 heavy (non-hydrogen) atoms. The summed E-state index contributed by atoms with van der Waals surface area (Å²) in [6.07, 6.45) is 0.0853. The summed E-state index contributed by atoms with van der Waals surface area (Å²) in [5.74, 6) is -0.801. The van der Waals surface area contributed by atoms with E-state index in [1.54, 1.807) is 13.8 Å². The third-order valence-electron chi connectivity index (χ3n) is 1.49. The molecule has 68 valence electrons. The molecule has 2 atom stereocenters. The van der Waals surface area contributed by atoms with Crippen molar-refractivity contribution < 1.29 is 9.53 Å². The Kier molecular flexibility index (Phi) is 5.06. The van der Waals surface area contributed by atoms with Crippen LogP contribution in [0.25, 0.3) is 0 Å². The van der Waals surface area contributed by atoms with Gasteiger partial charge in [0.2, 0.25) is 0 Å². The van der Waals surface area contributed by atoms with Gasteiger partial charge in [0.15, 0.2) is 0 Å². The maximum absolute atomic E-state index is 10.9. The molecule has 0 aromatic carbocycles. The number of esters is 1. The molecule has 0 spiro atoms. The molecule has 4 heteroatoms. The zero-order valence-electron chi connectivity index (χ0n) is 7.41. The van der Waals surface area contributed by atoms with E-state index in [0.717, 1.165) is 0 Å². The van der Waals surface area contributed by atoms with Gasteiger partial charge in [-0.25, -0.2) is 0 Å². The molecule has 0 radical (unpaired) electrons. The van der Waals surface area contributed by atoms with Gasteiger partial charge in [-0.3, -0.25) is 4.79 Å². The Morgan fingerprint density at radius 3 is 2.67 bits per heavy atom. The van der Waals surface area contributed by atoms with E-state index in [1.165, 1.54) is 0 Å². The number of nitrogens with two attached hydrogens (primary N) is 1. The molecular formula is C8H14N2O2. The summed E-state index contributed by atoms with van der Waals surface area (Å²) in [6, 6.07) is 1.67. The van der Waals surface area contributed by atoms with Gasteiger partial charge in [0, 0.05) is 6.04 Å². The summed E-state index contributed by atoms with van der Waals surface area (Å²) in [5.41, 5.74) is 5.46. The lowest BCUT2D eigenvalue weighted by atomic mass is 10.0. The minimum atomic E-state index is -0.441. The lowest BCUT2D eigenvalue weighted by molar-refractivity contribution is -0.143. The molecule has 0 amide bonds. The van der Waals surface area contributed by atoms with Crippen LogP contribution >= 0.6 is 0 Å². The highest BCUT2D eigenvalue weighted by atomic mass is 16.5. The van der Waals surface area contributed by atoms with Crippen LogP contribution in [-0.2, 0) is 9.53 Å². The lowest BCUT2D eigenvalue weighted by Crippen LogP contribution is -2.28. The fourth-order valence-electron chi connectivity index (χ4n) is 0.749. The smallest absolute Gasteiger partial charge is 0.307 e. The van der Waals surface area contributed by atoms with Gasteiger partial charge in [0.05, 0.1) is 25.0 Å². The highest BCUT2D eigenvalue weighted by Gasteiger charge is 2.17. The van der Waals surface area contributed by atoms with Crippen molar-refractivity contribution in [2.24, 2.45) is 11.7 Å². The molecule has 0 aliphatic rings. The third kappa shape index (κ3) is 3.94. The van der Waals surface area contributed by atoms with E-state index in [9.17, 15) is 4.79 Å². The molecule has 0 saturated carbocycles. The molecule has 0 aliphatic carbocycles. The Morgan fingerprint density at radius 2 is 2.33 bits per heavy atom. The Hall–Kier alpha value is -1.08. The van der Waals surface area contributed by atoms with Crippen LogP contribution in [0.3, 0.4) is 0 Å². The lowest BCUT2D eigenvalue weighted by Gasteiger charge is -2.11. The average Bonchev–Trinajstić information content (AvgIpc) is 2.00. The zero-order valence-corrected chi connectivity index (χ0v) is 7.41.